The van der Waals surface area contributed by atoms with E-state index in [9.17, 15) is 4.79 Å². The summed E-state index contributed by atoms with van der Waals surface area (Å²) in [7, 11) is 0. The summed E-state index contributed by atoms with van der Waals surface area (Å²) in [6, 6.07) is 2.45. The van der Waals surface area contributed by atoms with E-state index in [4.69, 9.17) is 0 Å². The van der Waals surface area contributed by atoms with Gasteiger partial charge in [-0.1, -0.05) is 24.6 Å². The molecule has 1 saturated heterocycles. The molecule has 0 unspecified atom stereocenters. The molecule has 7 heteroatoms. The summed E-state index contributed by atoms with van der Waals surface area (Å²) in [4.78, 5) is 23.8. The summed E-state index contributed by atoms with van der Waals surface area (Å²) >= 11 is 1.43. The number of thioether (sulfide) groups is 1. The fourth-order valence-electron chi connectivity index (χ4n) is 4.35. The maximum Gasteiger partial charge on any atom is 0.253 e. The molecule has 6 nitrogen and oxygen atoms in total. The average molecular weight is 359 g/mol. The van der Waals surface area contributed by atoms with Crippen LogP contribution in [-0.2, 0) is 4.79 Å². The summed E-state index contributed by atoms with van der Waals surface area (Å²) in [5.41, 5.74) is 1.94. The zero-order valence-corrected chi connectivity index (χ0v) is 15.8. The molecule has 4 rings (SSSR count). The minimum atomic E-state index is 0.237. The largest absolute Gasteiger partial charge is 0.339 e. The zero-order chi connectivity index (χ0) is 17.4. The van der Waals surface area contributed by atoms with Crippen LogP contribution >= 0.6 is 11.8 Å². The summed E-state index contributed by atoms with van der Waals surface area (Å²) in [5.74, 6) is 1.98. The van der Waals surface area contributed by atoms with E-state index >= 15 is 0 Å². The van der Waals surface area contributed by atoms with Crippen LogP contribution in [0.5, 0.6) is 0 Å². The number of rotatable bonds is 3. The molecule has 0 bridgehead atoms. The molecule has 0 N–H and O–H groups in total. The van der Waals surface area contributed by atoms with Crippen LogP contribution in [0.1, 0.15) is 49.9 Å². The summed E-state index contributed by atoms with van der Waals surface area (Å²) in [6.07, 6.45) is 7.49. The lowest BCUT2D eigenvalue weighted by Gasteiger charge is -2.44. The number of piperidine rings is 1. The number of hydrogen-bond donors (Lipinski definition) is 0. The van der Waals surface area contributed by atoms with Gasteiger partial charge < -0.3 is 4.90 Å². The van der Waals surface area contributed by atoms with Gasteiger partial charge >= 0.3 is 0 Å². The highest BCUT2D eigenvalue weighted by atomic mass is 32.2. The van der Waals surface area contributed by atoms with Crippen molar-refractivity contribution in [1.82, 2.24) is 24.5 Å². The third kappa shape index (κ3) is 3.38. The van der Waals surface area contributed by atoms with E-state index in [-0.39, 0.29) is 5.91 Å². The Hall–Kier alpha value is -1.63. The number of nitrogens with zero attached hydrogens (tertiary/aromatic N) is 5. The molecular formula is C18H25N5OS. The first-order valence-electron chi connectivity index (χ1n) is 9.25. The van der Waals surface area contributed by atoms with Gasteiger partial charge in [-0.2, -0.15) is 4.98 Å². The molecule has 2 aromatic rings. The topological polar surface area (TPSA) is 63.4 Å². The van der Waals surface area contributed by atoms with Crippen LogP contribution in [0.25, 0.3) is 5.78 Å². The van der Waals surface area contributed by atoms with Crippen molar-refractivity contribution in [1.29, 1.82) is 0 Å². The summed E-state index contributed by atoms with van der Waals surface area (Å²) in [5, 5.41) is 5.12. The van der Waals surface area contributed by atoms with Crippen LogP contribution < -0.4 is 0 Å². The second-order valence-corrected chi connectivity index (χ2v) is 8.22. The van der Waals surface area contributed by atoms with Gasteiger partial charge in [-0.15, -0.1) is 5.10 Å². The molecular weight excluding hydrogens is 334 g/mol. The Morgan fingerprint density at radius 2 is 2.00 bits per heavy atom. The van der Waals surface area contributed by atoms with E-state index in [0.717, 1.165) is 30.3 Å². The molecule has 1 amide bonds. The summed E-state index contributed by atoms with van der Waals surface area (Å²) in [6.45, 7) is 4.86. The lowest BCUT2D eigenvalue weighted by molar-refractivity contribution is -0.134. The van der Waals surface area contributed by atoms with Gasteiger partial charge in [-0.3, -0.25) is 4.79 Å². The van der Waals surface area contributed by atoms with Gasteiger partial charge in [-0.05, 0) is 51.5 Å². The Labute approximate surface area is 152 Å². The van der Waals surface area contributed by atoms with Gasteiger partial charge in [-0.25, -0.2) is 9.50 Å². The standard InChI is InChI=1S/C18H25N5OS/c1-12-10-13(2)23-17(19-12)20-18(21-23)25-11-16(24)22-9-5-7-14-6-3-4-8-15(14)22/h10,14-15H,3-9,11H2,1-2H3/t14-,15-/m0/s1. The lowest BCUT2D eigenvalue weighted by atomic mass is 9.78. The molecule has 0 radical (unpaired) electrons. The Bertz CT molecular complexity index is 787. The second kappa shape index (κ2) is 6.94. The third-order valence-corrected chi connectivity index (χ3v) is 6.31. The number of aryl methyl sites for hydroxylation is 2. The van der Waals surface area contributed by atoms with Gasteiger partial charge in [0.1, 0.15) is 0 Å². The Morgan fingerprint density at radius 1 is 1.20 bits per heavy atom. The van der Waals surface area contributed by atoms with Crippen LogP contribution in [0.2, 0.25) is 0 Å². The molecule has 0 aromatic carbocycles. The van der Waals surface area contributed by atoms with E-state index in [0.29, 0.717) is 22.7 Å². The molecule has 134 valence electrons. The molecule has 2 aromatic heterocycles. The summed E-state index contributed by atoms with van der Waals surface area (Å²) < 4.78 is 1.75. The molecule has 1 aliphatic carbocycles. The van der Waals surface area contributed by atoms with Crippen molar-refractivity contribution in [3.8, 4) is 0 Å². The minimum absolute atomic E-state index is 0.237. The maximum atomic E-state index is 12.8. The molecule has 0 spiro atoms. The first kappa shape index (κ1) is 16.8. The molecule has 3 heterocycles. The van der Waals surface area contributed by atoms with Crippen molar-refractivity contribution in [2.45, 2.75) is 63.6 Å². The van der Waals surface area contributed by atoms with Crippen molar-refractivity contribution >= 4 is 23.4 Å². The normalized spacial score (nSPS) is 23.7. The predicted molar refractivity (Wildman–Crippen MR) is 97.7 cm³/mol. The monoisotopic (exact) mass is 359 g/mol. The van der Waals surface area contributed by atoms with Gasteiger partial charge in [0.05, 0.1) is 5.75 Å². The average Bonchev–Trinajstić information content (AvgIpc) is 3.02. The van der Waals surface area contributed by atoms with Crippen LogP contribution in [0.4, 0.5) is 0 Å². The van der Waals surface area contributed by atoms with Crippen molar-refractivity contribution < 1.29 is 4.79 Å². The van der Waals surface area contributed by atoms with Crippen molar-refractivity contribution in [2.75, 3.05) is 12.3 Å². The number of carbonyl (C=O) groups is 1. The minimum Gasteiger partial charge on any atom is -0.339 e. The first-order chi connectivity index (χ1) is 12.1. The predicted octanol–water partition coefficient (Wildman–Crippen LogP) is 3.01. The number of likely N-dealkylation sites (tertiary alicyclic amines) is 1. The first-order valence-corrected chi connectivity index (χ1v) is 10.2. The SMILES string of the molecule is Cc1cc(C)n2nc(SCC(=O)N3CCC[C@@H]4CCCC[C@@H]43)nc2n1. The number of fused-ring (bicyclic) bond motifs is 2. The van der Waals surface area contributed by atoms with Crippen molar-refractivity contribution in [3.05, 3.63) is 17.5 Å². The van der Waals surface area contributed by atoms with E-state index in [1.807, 2.05) is 19.9 Å². The van der Waals surface area contributed by atoms with Crippen LogP contribution in [0.3, 0.4) is 0 Å². The number of hydrogen-bond acceptors (Lipinski definition) is 5. The molecule has 2 atom stereocenters. The quantitative estimate of drug-likeness (QED) is 0.788. The highest BCUT2D eigenvalue weighted by Gasteiger charge is 2.35. The van der Waals surface area contributed by atoms with Crippen LogP contribution in [0.15, 0.2) is 11.2 Å². The highest BCUT2D eigenvalue weighted by molar-refractivity contribution is 7.99. The molecule has 2 fully saturated rings. The maximum absolute atomic E-state index is 12.8. The Balaban J connectivity index is 1.44. The van der Waals surface area contributed by atoms with Gasteiger partial charge in [0.25, 0.3) is 5.78 Å². The van der Waals surface area contributed by atoms with Gasteiger partial charge in [0.15, 0.2) is 0 Å². The van der Waals surface area contributed by atoms with E-state index in [1.165, 1.54) is 43.9 Å². The van der Waals surface area contributed by atoms with E-state index in [1.54, 1.807) is 4.52 Å². The second-order valence-electron chi connectivity index (χ2n) is 7.28. The van der Waals surface area contributed by atoms with E-state index < -0.39 is 0 Å². The van der Waals surface area contributed by atoms with E-state index in [2.05, 4.69) is 20.0 Å². The van der Waals surface area contributed by atoms with Crippen LogP contribution in [0, 0.1) is 19.8 Å². The van der Waals surface area contributed by atoms with Gasteiger partial charge in [0, 0.05) is 24.0 Å². The Morgan fingerprint density at radius 3 is 2.88 bits per heavy atom. The molecule has 25 heavy (non-hydrogen) atoms. The Kier molecular flexibility index (Phi) is 4.67. The van der Waals surface area contributed by atoms with Crippen molar-refractivity contribution in [2.24, 2.45) is 5.92 Å². The zero-order valence-electron chi connectivity index (χ0n) is 14.9. The third-order valence-electron chi connectivity index (χ3n) is 5.49. The number of aromatic nitrogens is 4. The highest BCUT2D eigenvalue weighted by Crippen LogP contribution is 2.35. The van der Waals surface area contributed by atoms with Gasteiger partial charge in [0.2, 0.25) is 11.1 Å². The lowest BCUT2D eigenvalue weighted by Crippen LogP contribution is -2.50. The van der Waals surface area contributed by atoms with Crippen molar-refractivity contribution in [3.63, 3.8) is 0 Å². The van der Waals surface area contributed by atoms with Crippen LogP contribution in [-0.4, -0.2) is 48.7 Å². The number of amides is 1. The smallest absolute Gasteiger partial charge is 0.253 e. The molecule has 1 aliphatic heterocycles. The number of carbonyl (C=O) groups excluding carboxylic acids is 1. The molecule has 2 aliphatic rings. The molecule has 1 saturated carbocycles. The fraction of sp³-hybridized carbons (Fsp3) is 0.667. The fourth-order valence-corrected chi connectivity index (χ4v) is 5.06.